The third-order valence-corrected chi connectivity index (χ3v) is 4.85. The quantitative estimate of drug-likeness (QED) is 0.494. The third-order valence-electron chi connectivity index (χ3n) is 2.59. The zero-order valence-electron chi connectivity index (χ0n) is 9.55. The monoisotopic (exact) mass is 406 g/mol. The Labute approximate surface area is 134 Å². The second-order valence-electron chi connectivity index (χ2n) is 4.10. The van der Waals surface area contributed by atoms with E-state index in [9.17, 15) is 0 Å². The minimum atomic E-state index is 0.100. The van der Waals surface area contributed by atoms with E-state index in [0.717, 1.165) is 10.0 Å². The summed E-state index contributed by atoms with van der Waals surface area (Å²) in [6.07, 6.45) is 0. The molecule has 4 heteroatoms. The summed E-state index contributed by atoms with van der Waals surface area (Å²) >= 11 is 19.2. The highest BCUT2D eigenvalue weighted by Gasteiger charge is 2.12. The molecule has 1 unspecified atom stereocenters. The Balaban J connectivity index is 2.40. The summed E-state index contributed by atoms with van der Waals surface area (Å²) in [4.78, 5) is 0.100. The zero-order chi connectivity index (χ0) is 13.3. The van der Waals surface area contributed by atoms with Crippen molar-refractivity contribution in [3.05, 3.63) is 67.6 Å². The Bertz CT molecular complexity index is 562. The van der Waals surface area contributed by atoms with Crippen molar-refractivity contribution in [3.63, 3.8) is 0 Å². The van der Waals surface area contributed by atoms with Crippen LogP contribution in [0.4, 0.5) is 0 Å². The molecule has 0 aliphatic rings. The van der Waals surface area contributed by atoms with E-state index in [0.29, 0.717) is 10.0 Å². The first-order valence-electron chi connectivity index (χ1n) is 5.33. The van der Waals surface area contributed by atoms with E-state index in [2.05, 4.69) is 57.0 Å². The van der Waals surface area contributed by atoms with Gasteiger partial charge in [0, 0.05) is 4.47 Å². The summed E-state index contributed by atoms with van der Waals surface area (Å²) < 4.78 is 1.07. The van der Waals surface area contributed by atoms with Gasteiger partial charge in [-0.2, -0.15) is 0 Å². The minimum absolute atomic E-state index is 0.100. The smallest absolute Gasteiger partial charge is 0.0645 e. The Morgan fingerprint density at radius 1 is 0.944 bits per heavy atom. The van der Waals surface area contributed by atoms with Crippen molar-refractivity contribution in [2.24, 2.45) is 0 Å². The van der Waals surface area contributed by atoms with Crippen LogP contribution in [0.5, 0.6) is 0 Å². The molecule has 0 spiro atoms. The SMILES string of the molecule is Cc1cc(Br)cc(C(Br)c2ccc(Cl)c(Cl)c2)c1. The first-order valence-corrected chi connectivity index (χ1v) is 7.80. The van der Waals surface area contributed by atoms with Gasteiger partial charge < -0.3 is 0 Å². The van der Waals surface area contributed by atoms with Crippen LogP contribution in [0.1, 0.15) is 21.5 Å². The van der Waals surface area contributed by atoms with Gasteiger partial charge in [-0.15, -0.1) is 0 Å². The molecule has 0 saturated carbocycles. The van der Waals surface area contributed by atoms with Crippen LogP contribution >= 0.6 is 55.1 Å². The molecule has 18 heavy (non-hydrogen) atoms. The van der Waals surface area contributed by atoms with Gasteiger partial charge in [-0.1, -0.05) is 67.2 Å². The molecule has 0 aliphatic heterocycles. The van der Waals surface area contributed by atoms with Gasteiger partial charge in [-0.05, 0) is 47.9 Å². The summed E-state index contributed by atoms with van der Waals surface area (Å²) in [7, 11) is 0. The van der Waals surface area contributed by atoms with Crippen LogP contribution in [0.25, 0.3) is 0 Å². The predicted octanol–water partition coefficient (Wildman–Crippen LogP) is 6.55. The number of halogens is 4. The number of rotatable bonds is 2. The van der Waals surface area contributed by atoms with E-state index in [-0.39, 0.29) is 4.83 Å². The van der Waals surface area contributed by atoms with Gasteiger partial charge in [0.2, 0.25) is 0 Å². The molecule has 0 saturated heterocycles. The van der Waals surface area contributed by atoms with Crippen molar-refractivity contribution in [3.8, 4) is 0 Å². The lowest BCUT2D eigenvalue weighted by Crippen LogP contribution is -1.94. The van der Waals surface area contributed by atoms with Crippen molar-refractivity contribution in [1.29, 1.82) is 0 Å². The fourth-order valence-electron chi connectivity index (χ4n) is 1.77. The van der Waals surface area contributed by atoms with Gasteiger partial charge in [0.1, 0.15) is 0 Å². The van der Waals surface area contributed by atoms with Crippen molar-refractivity contribution in [2.75, 3.05) is 0 Å². The third kappa shape index (κ3) is 3.30. The van der Waals surface area contributed by atoms with Gasteiger partial charge in [-0.3, -0.25) is 0 Å². The molecule has 0 nitrogen and oxygen atoms in total. The molecule has 0 amide bonds. The molecule has 2 aromatic rings. The van der Waals surface area contributed by atoms with Crippen LogP contribution in [0.3, 0.4) is 0 Å². The largest absolute Gasteiger partial charge is 0.0827 e. The van der Waals surface area contributed by atoms with Gasteiger partial charge in [0.15, 0.2) is 0 Å². The van der Waals surface area contributed by atoms with Gasteiger partial charge >= 0.3 is 0 Å². The lowest BCUT2D eigenvalue weighted by atomic mass is 10.0. The number of alkyl halides is 1. The summed E-state index contributed by atoms with van der Waals surface area (Å²) in [5, 5.41) is 1.15. The first kappa shape index (κ1) is 14.4. The highest BCUT2D eigenvalue weighted by Crippen LogP contribution is 2.35. The molecule has 0 radical (unpaired) electrons. The molecule has 0 aliphatic carbocycles. The van der Waals surface area contributed by atoms with Crippen molar-refractivity contribution < 1.29 is 0 Å². The normalized spacial score (nSPS) is 12.5. The van der Waals surface area contributed by atoms with Crippen molar-refractivity contribution >= 4 is 55.1 Å². The molecule has 0 fully saturated rings. The fraction of sp³-hybridized carbons (Fsp3) is 0.143. The lowest BCUT2D eigenvalue weighted by molar-refractivity contribution is 1.16. The minimum Gasteiger partial charge on any atom is -0.0827 e. The van der Waals surface area contributed by atoms with Gasteiger partial charge in [-0.25, -0.2) is 0 Å². The van der Waals surface area contributed by atoms with Crippen LogP contribution in [-0.2, 0) is 0 Å². The Morgan fingerprint density at radius 2 is 1.67 bits per heavy atom. The lowest BCUT2D eigenvalue weighted by Gasteiger charge is -2.13. The number of hydrogen-bond acceptors (Lipinski definition) is 0. The maximum Gasteiger partial charge on any atom is 0.0645 e. The average Bonchev–Trinajstić information content (AvgIpc) is 2.30. The maximum atomic E-state index is 6.05. The Kier molecular flexibility index (Phi) is 4.76. The molecule has 94 valence electrons. The molecule has 2 aromatic carbocycles. The molecular formula is C14H10Br2Cl2. The van der Waals surface area contributed by atoms with Crippen molar-refractivity contribution in [1.82, 2.24) is 0 Å². The predicted molar refractivity (Wildman–Crippen MR) is 86.1 cm³/mol. The summed E-state index contributed by atoms with van der Waals surface area (Å²) in [5.41, 5.74) is 3.48. The van der Waals surface area contributed by atoms with E-state index in [1.54, 1.807) is 0 Å². The van der Waals surface area contributed by atoms with Crippen LogP contribution in [0, 0.1) is 6.92 Å². The molecule has 1 atom stereocenters. The molecule has 0 heterocycles. The van der Waals surface area contributed by atoms with Gasteiger partial charge in [0.25, 0.3) is 0 Å². The molecule has 0 N–H and O–H groups in total. The highest BCUT2D eigenvalue weighted by atomic mass is 79.9. The zero-order valence-corrected chi connectivity index (χ0v) is 14.2. The highest BCUT2D eigenvalue weighted by molar-refractivity contribution is 9.10. The number of benzene rings is 2. The topological polar surface area (TPSA) is 0 Å². The number of aryl methyl sites for hydroxylation is 1. The van der Waals surface area contributed by atoms with E-state index in [1.165, 1.54) is 11.1 Å². The Morgan fingerprint density at radius 3 is 2.28 bits per heavy atom. The average molecular weight is 409 g/mol. The van der Waals surface area contributed by atoms with E-state index in [1.807, 2.05) is 18.2 Å². The van der Waals surface area contributed by atoms with E-state index in [4.69, 9.17) is 23.2 Å². The standard InChI is InChI=1S/C14H10Br2Cl2/c1-8-4-10(6-11(15)5-8)14(16)9-2-3-12(17)13(18)7-9/h2-7,14H,1H3. The van der Waals surface area contributed by atoms with Gasteiger partial charge in [0.05, 0.1) is 14.9 Å². The van der Waals surface area contributed by atoms with Crippen molar-refractivity contribution in [2.45, 2.75) is 11.8 Å². The summed E-state index contributed by atoms with van der Waals surface area (Å²) in [6, 6.07) is 12.0. The first-order chi connectivity index (χ1) is 8.47. The van der Waals surface area contributed by atoms with Crippen LogP contribution in [0.15, 0.2) is 40.9 Å². The summed E-state index contributed by atoms with van der Waals surface area (Å²) in [5.74, 6) is 0. The fourth-order valence-corrected chi connectivity index (χ4v) is 3.25. The second-order valence-corrected chi connectivity index (χ2v) is 6.74. The molecule has 0 aromatic heterocycles. The van der Waals surface area contributed by atoms with E-state index >= 15 is 0 Å². The van der Waals surface area contributed by atoms with Crippen LogP contribution in [-0.4, -0.2) is 0 Å². The van der Waals surface area contributed by atoms with Crippen LogP contribution < -0.4 is 0 Å². The molecule has 0 bridgehead atoms. The van der Waals surface area contributed by atoms with Crippen LogP contribution in [0.2, 0.25) is 10.0 Å². The van der Waals surface area contributed by atoms with E-state index < -0.39 is 0 Å². The Hall–Kier alpha value is -0.0200. The second kappa shape index (κ2) is 5.96. The molecule has 2 rings (SSSR count). The summed E-state index contributed by atoms with van der Waals surface area (Å²) in [6.45, 7) is 2.07. The molecular weight excluding hydrogens is 399 g/mol. The maximum absolute atomic E-state index is 6.05. The number of hydrogen-bond donors (Lipinski definition) is 0.